The van der Waals surface area contributed by atoms with Crippen LogP contribution in [0.15, 0.2) is 30.5 Å². The number of anilines is 1. The maximum atomic E-state index is 12.1. The van der Waals surface area contributed by atoms with Gasteiger partial charge in [0.25, 0.3) is 5.91 Å². The molecule has 1 fully saturated rings. The molecule has 6 heteroatoms. The van der Waals surface area contributed by atoms with Crippen LogP contribution in [0.3, 0.4) is 0 Å². The molecule has 1 aromatic carbocycles. The van der Waals surface area contributed by atoms with Crippen LogP contribution in [0.4, 0.5) is 5.69 Å². The number of hydrogen-bond donors (Lipinski definition) is 2. The predicted octanol–water partition coefficient (Wildman–Crippen LogP) is 1.74. The summed E-state index contributed by atoms with van der Waals surface area (Å²) in [5, 5.41) is 2.84. The second-order valence-corrected chi connectivity index (χ2v) is 4.92. The fourth-order valence-electron chi connectivity index (χ4n) is 2.17. The number of aromatic nitrogens is 2. The fraction of sp³-hybridized carbons (Fsp3) is 0.333. The molecule has 0 bridgehead atoms. The molecule has 0 spiro atoms. The van der Waals surface area contributed by atoms with E-state index in [1.807, 2.05) is 31.2 Å². The van der Waals surface area contributed by atoms with Gasteiger partial charge in [-0.3, -0.25) is 4.79 Å². The van der Waals surface area contributed by atoms with E-state index < -0.39 is 6.10 Å². The van der Waals surface area contributed by atoms with E-state index in [4.69, 9.17) is 9.47 Å². The van der Waals surface area contributed by atoms with E-state index >= 15 is 0 Å². The average molecular weight is 287 g/mol. The van der Waals surface area contributed by atoms with Crippen LogP contribution in [0.5, 0.6) is 0 Å². The number of carbonyl (C=O) groups excluding carboxylic acids is 1. The van der Waals surface area contributed by atoms with E-state index in [2.05, 4.69) is 15.3 Å². The monoisotopic (exact) mass is 287 g/mol. The molecule has 21 heavy (non-hydrogen) atoms. The molecule has 2 N–H and O–H groups in total. The smallest absolute Gasteiger partial charge is 0.255 e. The fourth-order valence-corrected chi connectivity index (χ4v) is 2.17. The number of aromatic amines is 1. The zero-order valence-corrected chi connectivity index (χ0v) is 11.8. The largest absolute Gasteiger partial charge is 0.376 e. The Kier molecular flexibility index (Phi) is 3.98. The topological polar surface area (TPSA) is 76.2 Å². The first-order valence-corrected chi connectivity index (χ1v) is 6.84. The highest BCUT2D eigenvalue weighted by Gasteiger charge is 2.22. The maximum absolute atomic E-state index is 12.1. The summed E-state index contributed by atoms with van der Waals surface area (Å²) in [6.45, 7) is 3.23. The molecule has 1 aliphatic rings. The van der Waals surface area contributed by atoms with Crippen LogP contribution in [0.1, 0.15) is 5.69 Å². The van der Waals surface area contributed by atoms with Gasteiger partial charge in [0.2, 0.25) is 0 Å². The van der Waals surface area contributed by atoms with Crippen molar-refractivity contribution in [3.63, 3.8) is 0 Å². The lowest BCUT2D eigenvalue weighted by molar-refractivity contribution is -0.142. The molecule has 3 rings (SSSR count). The summed E-state index contributed by atoms with van der Waals surface area (Å²) in [5.41, 5.74) is 2.62. The molecule has 1 saturated heterocycles. The van der Waals surface area contributed by atoms with Crippen molar-refractivity contribution in [2.24, 2.45) is 0 Å². The highest BCUT2D eigenvalue weighted by atomic mass is 16.6. The third kappa shape index (κ3) is 3.29. The van der Waals surface area contributed by atoms with Gasteiger partial charge in [-0.05, 0) is 19.1 Å². The molecular formula is C15H17N3O3. The summed E-state index contributed by atoms with van der Waals surface area (Å²) in [6, 6.07) is 7.52. The maximum Gasteiger partial charge on any atom is 0.255 e. The van der Waals surface area contributed by atoms with Gasteiger partial charge in [-0.25, -0.2) is 4.98 Å². The summed E-state index contributed by atoms with van der Waals surface area (Å²) in [6.07, 6.45) is 1.22. The number of benzene rings is 1. The average Bonchev–Trinajstić information content (AvgIpc) is 2.95. The van der Waals surface area contributed by atoms with Crippen LogP contribution >= 0.6 is 0 Å². The zero-order chi connectivity index (χ0) is 14.7. The highest BCUT2D eigenvalue weighted by Crippen LogP contribution is 2.20. The van der Waals surface area contributed by atoms with Crippen LogP contribution in [-0.2, 0) is 14.3 Å². The van der Waals surface area contributed by atoms with Gasteiger partial charge < -0.3 is 19.8 Å². The Labute approximate surface area is 122 Å². The van der Waals surface area contributed by atoms with Crippen molar-refractivity contribution < 1.29 is 14.3 Å². The Morgan fingerprint density at radius 1 is 1.43 bits per heavy atom. The number of imidazole rings is 1. The normalized spacial score (nSPS) is 18.4. The van der Waals surface area contributed by atoms with Crippen LogP contribution in [0, 0.1) is 6.92 Å². The minimum atomic E-state index is -0.548. The lowest BCUT2D eigenvalue weighted by Crippen LogP contribution is -2.39. The van der Waals surface area contributed by atoms with Crippen molar-refractivity contribution in [3.8, 4) is 11.4 Å². The van der Waals surface area contributed by atoms with E-state index in [9.17, 15) is 4.79 Å². The van der Waals surface area contributed by atoms with Crippen molar-refractivity contribution in [1.82, 2.24) is 9.97 Å². The first kappa shape index (κ1) is 13.8. The number of rotatable bonds is 3. The number of aryl methyl sites for hydroxylation is 1. The van der Waals surface area contributed by atoms with E-state index in [0.717, 1.165) is 17.1 Å². The van der Waals surface area contributed by atoms with Crippen molar-refractivity contribution in [2.75, 3.05) is 25.1 Å². The Hall–Kier alpha value is -2.18. The molecule has 110 valence electrons. The summed E-state index contributed by atoms with van der Waals surface area (Å²) in [4.78, 5) is 19.5. The first-order chi connectivity index (χ1) is 10.2. The number of H-pyrrole nitrogens is 1. The van der Waals surface area contributed by atoms with Gasteiger partial charge in [0.05, 0.1) is 19.8 Å². The Morgan fingerprint density at radius 2 is 2.33 bits per heavy atom. The minimum Gasteiger partial charge on any atom is -0.376 e. The quantitative estimate of drug-likeness (QED) is 0.901. The Bertz CT molecular complexity index is 633. The molecule has 1 aromatic heterocycles. The number of nitrogens with one attached hydrogen (secondary N) is 2. The molecule has 1 amide bonds. The molecule has 1 unspecified atom stereocenters. The number of carbonyl (C=O) groups is 1. The van der Waals surface area contributed by atoms with Gasteiger partial charge in [0.15, 0.2) is 6.10 Å². The van der Waals surface area contributed by atoms with Crippen molar-refractivity contribution in [1.29, 1.82) is 0 Å². The van der Waals surface area contributed by atoms with Gasteiger partial charge in [-0.2, -0.15) is 0 Å². The van der Waals surface area contributed by atoms with Gasteiger partial charge in [0.1, 0.15) is 5.82 Å². The van der Waals surface area contributed by atoms with Gasteiger partial charge in [-0.15, -0.1) is 0 Å². The number of amides is 1. The summed E-state index contributed by atoms with van der Waals surface area (Å²) in [7, 11) is 0. The predicted molar refractivity (Wildman–Crippen MR) is 77.9 cm³/mol. The van der Waals surface area contributed by atoms with Gasteiger partial charge >= 0.3 is 0 Å². The second-order valence-electron chi connectivity index (χ2n) is 4.92. The zero-order valence-electron chi connectivity index (χ0n) is 11.8. The summed E-state index contributed by atoms with van der Waals surface area (Å²) < 4.78 is 10.6. The lowest BCUT2D eigenvalue weighted by Gasteiger charge is -2.22. The highest BCUT2D eigenvalue weighted by molar-refractivity contribution is 5.94. The second kappa shape index (κ2) is 6.07. The van der Waals surface area contributed by atoms with E-state index in [-0.39, 0.29) is 5.91 Å². The third-order valence-corrected chi connectivity index (χ3v) is 3.21. The van der Waals surface area contributed by atoms with Crippen LogP contribution in [-0.4, -0.2) is 41.8 Å². The summed E-state index contributed by atoms with van der Waals surface area (Å²) in [5.74, 6) is 0.586. The van der Waals surface area contributed by atoms with Crippen LogP contribution in [0.2, 0.25) is 0 Å². The Balaban J connectivity index is 1.72. The van der Waals surface area contributed by atoms with Crippen LogP contribution in [0.25, 0.3) is 11.4 Å². The molecule has 0 aliphatic carbocycles. The first-order valence-electron chi connectivity index (χ1n) is 6.84. The third-order valence-electron chi connectivity index (χ3n) is 3.21. The Morgan fingerprint density at radius 3 is 3.05 bits per heavy atom. The molecule has 0 radical (unpaired) electrons. The molecular weight excluding hydrogens is 270 g/mol. The van der Waals surface area contributed by atoms with Gasteiger partial charge in [0, 0.05) is 23.1 Å². The number of nitrogens with zero attached hydrogens (tertiary/aromatic N) is 1. The molecule has 6 nitrogen and oxygen atoms in total. The van der Waals surface area contributed by atoms with Gasteiger partial charge in [-0.1, -0.05) is 12.1 Å². The lowest BCUT2D eigenvalue weighted by atomic mass is 10.2. The van der Waals surface area contributed by atoms with E-state index in [1.165, 1.54) is 0 Å². The molecule has 1 aliphatic heterocycles. The SMILES string of the molecule is Cc1cnc(-c2cccc(NC(=O)C3COCCO3)c2)[nH]1. The van der Waals surface area contributed by atoms with Crippen LogP contribution < -0.4 is 5.32 Å². The molecule has 2 aromatic rings. The van der Waals surface area contributed by atoms with E-state index in [1.54, 1.807) is 6.20 Å². The molecule has 0 saturated carbocycles. The standard InChI is InChI=1S/C15H17N3O3/c1-10-8-16-14(17-10)11-3-2-4-12(7-11)18-15(19)13-9-20-5-6-21-13/h2-4,7-8,13H,5-6,9H2,1H3,(H,16,17)(H,18,19). The molecule has 1 atom stereocenters. The van der Waals surface area contributed by atoms with E-state index in [0.29, 0.717) is 25.5 Å². The molecule has 2 heterocycles. The van der Waals surface area contributed by atoms with Crippen molar-refractivity contribution >= 4 is 11.6 Å². The minimum absolute atomic E-state index is 0.192. The summed E-state index contributed by atoms with van der Waals surface area (Å²) >= 11 is 0. The number of ether oxygens (including phenoxy) is 2. The van der Waals surface area contributed by atoms with Crippen molar-refractivity contribution in [2.45, 2.75) is 13.0 Å². The number of hydrogen-bond acceptors (Lipinski definition) is 4. The van der Waals surface area contributed by atoms with Crippen molar-refractivity contribution in [3.05, 3.63) is 36.2 Å².